The summed E-state index contributed by atoms with van der Waals surface area (Å²) in [5, 5.41) is 15.8. The fraction of sp³-hybridized carbons (Fsp3) is 0.520. The Labute approximate surface area is 189 Å². The van der Waals surface area contributed by atoms with E-state index in [2.05, 4.69) is 51.7 Å². The lowest BCUT2D eigenvalue weighted by Crippen LogP contribution is -2.54. The molecule has 3 aliphatic heterocycles. The van der Waals surface area contributed by atoms with E-state index in [1.165, 1.54) is 5.56 Å². The number of nitrogens with one attached hydrogen (secondary N) is 1. The quantitative estimate of drug-likeness (QED) is 0.730. The lowest BCUT2D eigenvalue weighted by molar-refractivity contribution is -0.141. The molecule has 2 N–H and O–H groups in total. The average Bonchev–Trinajstić information content (AvgIpc) is 3.19. The van der Waals surface area contributed by atoms with E-state index in [1.54, 1.807) is 0 Å². The summed E-state index contributed by atoms with van der Waals surface area (Å²) in [6.07, 6.45) is 6.17. The number of carbonyl (C=O) groups is 1. The summed E-state index contributed by atoms with van der Waals surface area (Å²) >= 11 is 0. The summed E-state index contributed by atoms with van der Waals surface area (Å²) in [6.45, 7) is 4.06. The topological polar surface area (TPSA) is 73.1 Å². The summed E-state index contributed by atoms with van der Waals surface area (Å²) in [4.78, 5) is 22.2. The predicted molar refractivity (Wildman–Crippen MR) is 123 cm³/mol. The molecule has 1 aromatic carbocycles. The van der Waals surface area contributed by atoms with Gasteiger partial charge in [-0.05, 0) is 37.4 Å². The van der Waals surface area contributed by atoms with Crippen LogP contribution in [-0.4, -0.2) is 70.4 Å². The second-order valence-electron chi connectivity index (χ2n) is 9.55. The second kappa shape index (κ2) is 8.71. The Bertz CT molecular complexity index is 1070. The smallest absolute Gasteiger partial charge is 0.226 e. The van der Waals surface area contributed by atoms with Crippen molar-refractivity contribution in [3.05, 3.63) is 58.9 Å². The third-order valence-electron chi connectivity index (χ3n) is 7.32. The number of aromatic nitrogens is 1. The van der Waals surface area contributed by atoms with Crippen molar-refractivity contribution in [1.29, 1.82) is 0 Å². The Morgan fingerprint density at radius 3 is 2.78 bits per heavy atom. The van der Waals surface area contributed by atoms with E-state index in [-0.39, 0.29) is 17.7 Å². The van der Waals surface area contributed by atoms with Gasteiger partial charge in [-0.1, -0.05) is 30.3 Å². The Morgan fingerprint density at radius 2 is 2.00 bits per heavy atom. The normalized spacial score (nSPS) is 24.9. The van der Waals surface area contributed by atoms with Gasteiger partial charge in [0, 0.05) is 62.7 Å². The summed E-state index contributed by atoms with van der Waals surface area (Å²) in [6, 6.07) is 12.4. The van der Waals surface area contributed by atoms with Gasteiger partial charge in [-0.2, -0.15) is 0 Å². The third-order valence-corrected chi connectivity index (χ3v) is 7.32. The number of β-amino-alcohol motifs (C(OH)–C–C–N with tert-alkyl or cyclic N) is 1. The van der Waals surface area contributed by atoms with Crippen molar-refractivity contribution in [2.24, 2.45) is 18.0 Å². The largest absolute Gasteiger partial charge is 0.388 e. The standard InChI is InChI=1S/C25H33N5O2/c1-28-12-8-20-16-29(18-27-23(20)28)17-25(32)9-13-30(14-10-25)24(31)21-7-11-26-15-22(21)19-5-3-2-4-6-19/h2-6,8,12,16,21-22,26,32H,7,9-11,13-15,17-18H2,1H3/t21-,22+/m1/s1. The van der Waals surface area contributed by atoms with Crippen LogP contribution in [0.4, 0.5) is 0 Å². The number of piperidine rings is 2. The van der Waals surface area contributed by atoms with Crippen LogP contribution in [-0.2, 0) is 11.8 Å². The number of likely N-dealkylation sites (tertiary alicyclic amines) is 1. The zero-order chi connectivity index (χ0) is 22.1. The molecule has 32 heavy (non-hydrogen) atoms. The van der Waals surface area contributed by atoms with E-state index < -0.39 is 5.60 Å². The molecule has 0 aliphatic carbocycles. The Morgan fingerprint density at radius 1 is 1.22 bits per heavy atom. The van der Waals surface area contributed by atoms with Crippen LogP contribution in [0, 0.1) is 5.92 Å². The van der Waals surface area contributed by atoms with Crippen LogP contribution >= 0.6 is 0 Å². The van der Waals surface area contributed by atoms with Crippen LogP contribution in [0.25, 0.3) is 6.20 Å². The zero-order valence-electron chi connectivity index (χ0n) is 18.8. The fourth-order valence-electron chi connectivity index (χ4n) is 5.45. The van der Waals surface area contributed by atoms with Gasteiger partial charge in [0.05, 0.1) is 5.60 Å². The number of fused-ring (bicyclic) bond motifs is 1. The minimum absolute atomic E-state index is 0.00979. The van der Waals surface area contributed by atoms with Crippen LogP contribution in [0.3, 0.4) is 0 Å². The molecule has 0 bridgehead atoms. The van der Waals surface area contributed by atoms with Gasteiger partial charge in [0.25, 0.3) is 0 Å². The molecule has 0 unspecified atom stereocenters. The highest BCUT2D eigenvalue weighted by Gasteiger charge is 2.39. The van der Waals surface area contributed by atoms with Crippen molar-refractivity contribution in [1.82, 2.24) is 19.7 Å². The molecular weight excluding hydrogens is 402 g/mol. The zero-order valence-corrected chi connectivity index (χ0v) is 18.8. The molecule has 0 radical (unpaired) electrons. The molecule has 7 heteroatoms. The highest BCUT2D eigenvalue weighted by molar-refractivity contribution is 5.80. The van der Waals surface area contributed by atoms with Crippen molar-refractivity contribution < 1.29 is 9.90 Å². The Kier molecular flexibility index (Phi) is 5.78. The Balaban J connectivity index is 1.22. The number of aliphatic hydroxyl groups is 1. The minimum atomic E-state index is -0.790. The van der Waals surface area contributed by atoms with E-state index in [9.17, 15) is 9.90 Å². The van der Waals surface area contributed by atoms with Crippen molar-refractivity contribution in [2.75, 3.05) is 39.4 Å². The van der Waals surface area contributed by atoms with E-state index >= 15 is 0 Å². The monoisotopic (exact) mass is 435 g/mol. The van der Waals surface area contributed by atoms with Gasteiger partial charge < -0.3 is 24.8 Å². The van der Waals surface area contributed by atoms with Gasteiger partial charge in [0.2, 0.25) is 5.91 Å². The fourth-order valence-corrected chi connectivity index (χ4v) is 5.45. The molecule has 3 aliphatic rings. The van der Waals surface area contributed by atoms with Gasteiger partial charge in [-0.15, -0.1) is 0 Å². The molecular formula is C25H33N5O2. The molecule has 4 heterocycles. The van der Waals surface area contributed by atoms with Crippen molar-refractivity contribution in [3.8, 4) is 0 Å². The number of hydrogen-bond acceptors (Lipinski definition) is 5. The molecule has 1 amide bonds. The molecule has 7 nitrogen and oxygen atoms in total. The molecule has 2 aromatic rings. The van der Waals surface area contributed by atoms with E-state index in [4.69, 9.17) is 0 Å². The maximum Gasteiger partial charge on any atom is 0.226 e. The Hall–Kier alpha value is -2.64. The maximum atomic E-state index is 13.5. The predicted octanol–water partition coefficient (Wildman–Crippen LogP) is 0.403. The number of carbonyl (C=O) groups excluding carboxylic acids is 1. The van der Waals surface area contributed by atoms with Gasteiger partial charge in [-0.25, -0.2) is 4.99 Å². The van der Waals surface area contributed by atoms with Crippen LogP contribution in [0.5, 0.6) is 0 Å². The van der Waals surface area contributed by atoms with Gasteiger partial charge >= 0.3 is 0 Å². The first-order valence-electron chi connectivity index (χ1n) is 11.7. The van der Waals surface area contributed by atoms with E-state index in [0.29, 0.717) is 39.1 Å². The number of benzene rings is 1. The number of hydrogen-bond donors (Lipinski definition) is 2. The van der Waals surface area contributed by atoms with Gasteiger partial charge in [0.15, 0.2) is 0 Å². The van der Waals surface area contributed by atoms with E-state index in [0.717, 1.165) is 30.2 Å². The third kappa shape index (κ3) is 4.19. The highest BCUT2D eigenvalue weighted by atomic mass is 16.3. The number of nitrogens with zero attached hydrogens (tertiary/aromatic N) is 4. The summed E-state index contributed by atoms with van der Waals surface area (Å²) in [7, 11) is 2.00. The lowest BCUT2D eigenvalue weighted by Gasteiger charge is -2.43. The van der Waals surface area contributed by atoms with Gasteiger partial charge in [0.1, 0.15) is 12.2 Å². The van der Waals surface area contributed by atoms with Crippen molar-refractivity contribution in [3.63, 3.8) is 0 Å². The van der Waals surface area contributed by atoms with Crippen LogP contribution in [0.15, 0.2) is 47.6 Å². The van der Waals surface area contributed by atoms with Crippen LogP contribution in [0.2, 0.25) is 0 Å². The molecule has 0 spiro atoms. The molecule has 5 rings (SSSR count). The second-order valence-corrected chi connectivity index (χ2v) is 9.55. The summed E-state index contributed by atoms with van der Waals surface area (Å²) in [5.74, 6) is 0.467. The first-order valence-corrected chi connectivity index (χ1v) is 11.7. The van der Waals surface area contributed by atoms with Gasteiger partial charge in [-0.3, -0.25) is 4.79 Å². The lowest BCUT2D eigenvalue weighted by atomic mass is 9.80. The SMILES string of the molecule is Cn1ccc2c1=NCN(CC1(O)CCN(C(=O)[C@@H]3CCNC[C@H]3c3ccccc3)CC1)C=2. The summed E-state index contributed by atoms with van der Waals surface area (Å²) in [5.41, 5.74) is 1.43. The first kappa shape index (κ1) is 21.2. The van der Waals surface area contributed by atoms with E-state index in [1.807, 2.05) is 28.8 Å². The molecule has 1 aromatic heterocycles. The number of amides is 1. The molecule has 170 valence electrons. The number of rotatable bonds is 4. The van der Waals surface area contributed by atoms with Crippen LogP contribution < -0.4 is 16.0 Å². The molecule has 2 fully saturated rings. The van der Waals surface area contributed by atoms with Crippen molar-refractivity contribution >= 4 is 12.1 Å². The number of aryl methyl sites for hydroxylation is 1. The molecule has 2 atom stereocenters. The molecule has 0 saturated carbocycles. The summed E-state index contributed by atoms with van der Waals surface area (Å²) < 4.78 is 2.02. The highest BCUT2D eigenvalue weighted by Crippen LogP contribution is 2.33. The maximum absolute atomic E-state index is 13.5. The molecule has 2 saturated heterocycles. The van der Waals surface area contributed by atoms with Crippen LogP contribution in [0.1, 0.15) is 30.7 Å². The van der Waals surface area contributed by atoms with Crippen molar-refractivity contribution in [2.45, 2.75) is 30.8 Å². The average molecular weight is 436 g/mol. The minimum Gasteiger partial charge on any atom is -0.388 e. The first-order chi connectivity index (χ1) is 15.5.